The molecule has 0 unspecified atom stereocenters. The number of hydrogen-bond donors (Lipinski definition) is 0. The van der Waals surface area contributed by atoms with Gasteiger partial charge < -0.3 is 0 Å². The second-order valence-corrected chi connectivity index (χ2v) is 8.43. The van der Waals surface area contributed by atoms with Crippen LogP contribution in [0.15, 0.2) is 76.6 Å². The van der Waals surface area contributed by atoms with Crippen LogP contribution in [0, 0.1) is 5.92 Å². The van der Waals surface area contributed by atoms with Crippen LogP contribution in [0.4, 0.5) is 5.69 Å². The zero-order valence-corrected chi connectivity index (χ0v) is 17.4. The van der Waals surface area contributed by atoms with Crippen LogP contribution < -0.4 is 10.6 Å². The van der Waals surface area contributed by atoms with E-state index in [-0.39, 0.29) is 5.56 Å². The van der Waals surface area contributed by atoms with Crippen LogP contribution >= 0.6 is 0 Å². The molecule has 1 aliphatic heterocycles. The van der Waals surface area contributed by atoms with E-state index in [0.29, 0.717) is 5.92 Å². The summed E-state index contributed by atoms with van der Waals surface area (Å²) in [6, 6.07) is 22.0. The zero-order valence-electron chi connectivity index (χ0n) is 17.4. The second kappa shape index (κ2) is 7.98. The van der Waals surface area contributed by atoms with Gasteiger partial charge in [-0.2, -0.15) is 5.10 Å². The van der Waals surface area contributed by atoms with Crippen LogP contribution in [0.2, 0.25) is 0 Å². The summed E-state index contributed by atoms with van der Waals surface area (Å²) in [6.45, 7) is 1.07. The van der Waals surface area contributed by atoms with Crippen LogP contribution in [0.5, 0.6) is 0 Å². The van der Waals surface area contributed by atoms with Crippen molar-refractivity contribution in [2.75, 3.05) is 11.6 Å². The molecule has 6 rings (SSSR count). The van der Waals surface area contributed by atoms with Crippen LogP contribution in [-0.4, -0.2) is 21.6 Å². The van der Waals surface area contributed by atoms with Crippen LogP contribution in [0.3, 0.4) is 0 Å². The number of hydrogen-bond acceptors (Lipinski definition) is 3. The number of nitrogens with zero attached hydrogens (tertiary/aromatic N) is 4. The Morgan fingerprint density at radius 1 is 0.833 bits per heavy atom. The van der Waals surface area contributed by atoms with Gasteiger partial charge in [-0.1, -0.05) is 36.4 Å². The molecule has 0 atom stereocenters. The molecule has 0 spiro atoms. The summed E-state index contributed by atoms with van der Waals surface area (Å²) in [5.41, 5.74) is 4.81. The number of para-hydroxylation sites is 2. The highest BCUT2D eigenvalue weighted by molar-refractivity contribution is 5.91. The van der Waals surface area contributed by atoms with Gasteiger partial charge in [-0.15, -0.1) is 0 Å². The first-order valence-electron chi connectivity index (χ1n) is 10.9. The molecule has 3 aliphatic rings. The second-order valence-electron chi connectivity index (χ2n) is 8.43. The molecule has 5 heteroatoms. The van der Waals surface area contributed by atoms with Gasteiger partial charge in [0.1, 0.15) is 0 Å². The molecule has 0 N–H and O–H groups in total. The average molecular weight is 401 g/mol. The summed E-state index contributed by atoms with van der Waals surface area (Å²) < 4.78 is 3.71. The minimum Gasteiger partial charge on any atom is -0.285 e. The third kappa shape index (κ3) is 3.97. The number of rotatable bonds is 4. The summed E-state index contributed by atoms with van der Waals surface area (Å²) in [7, 11) is 1.96. The largest absolute Gasteiger partial charge is 0.285 e. The SMILES string of the molecule is Cn1c(C2CC2)cc(=O)n1-c1ccccc1.c1ccc(N2CCC(C3CC3)=N2)cc1. The third-order valence-corrected chi connectivity index (χ3v) is 6.08. The van der Waals surface area contributed by atoms with E-state index in [4.69, 9.17) is 0 Å². The lowest BCUT2D eigenvalue weighted by Gasteiger charge is -2.12. The molecule has 0 radical (unpaired) electrons. The quantitative estimate of drug-likeness (QED) is 0.636. The van der Waals surface area contributed by atoms with Gasteiger partial charge in [-0.05, 0) is 55.9 Å². The first-order valence-corrected chi connectivity index (χ1v) is 10.9. The van der Waals surface area contributed by atoms with Crippen molar-refractivity contribution in [3.8, 4) is 5.69 Å². The highest BCUT2D eigenvalue weighted by atomic mass is 16.1. The maximum atomic E-state index is 11.9. The van der Waals surface area contributed by atoms with E-state index in [1.807, 2.05) is 48.1 Å². The Kier molecular flexibility index (Phi) is 5.03. The van der Waals surface area contributed by atoms with Crippen molar-refractivity contribution >= 4 is 11.4 Å². The first kappa shape index (κ1) is 18.9. The Hall–Kier alpha value is -3.08. The molecular weight excluding hydrogens is 372 g/mol. The summed E-state index contributed by atoms with van der Waals surface area (Å²) in [5, 5.41) is 6.80. The van der Waals surface area contributed by atoms with Gasteiger partial charge in [0.15, 0.2) is 0 Å². The van der Waals surface area contributed by atoms with Crippen molar-refractivity contribution in [3.05, 3.63) is 82.8 Å². The maximum Gasteiger partial charge on any atom is 0.271 e. The lowest BCUT2D eigenvalue weighted by Crippen LogP contribution is -2.19. The standard InChI is InChI=1S/C13H14N2O.C12H14N2/c1-14-12(10-7-8-10)9-13(16)15(14)11-5-3-2-4-6-11;1-2-4-11(5-3-1)14-9-8-12(13-14)10-6-7-10/h2-6,9-10H,7-8H2,1H3;1-5,10H,6-9H2. The fraction of sp³-hybridized carbons (Fsp3) is 0.360. The minimum absolute atomic E-state index is 0.0654. The monoisotopic (exact) mass is 400 g/mol. The predicted molar refractivity (Wildman–Crippen MR) is 122 cm³/mol. The van der Waals surface area contributed by atoms with Crippen molar-refractivity contribution in [2.45, 2.75) is 38.0 Å². The van der Waals surface area contributed by atoms with Gasteiger partial charge in [-0.3, -0.25) is 14.5 Å². The molecule has 3 aromatic rings. The molecule has 0 saturated heterocycles. The first-order chi connectivity index (χ1) is 14.7. The van der Waals surface area contributed by atoms with E-state index in [0.717, 1.165) is 23.8 Å². The number of hydrazone groups is 1. The number of aromatic nitrogens is 2. The van der Waals surface area contributed by atoms with E-state index in [9.17, 15) is 4.79 Å². The average Bonchev–Trinajstić information content (AvgIpc) is 3.72. The molecule has 154 valence electrons. The van der Waals surface area contributed by atoms with Crippen LogP contribution in [-0.2, 0) is 7.05 Å². The van der Waals surface area contributed by atoms with Gasteiger partial charge >= 0.3 is 0 Å². The van der Waals surface area contributed by atoms with Gasteiger partial charge in [0.05, 0.1) is 11.4 Å². The summed E-state index contributed by atoms with van der Waals surface area (Å²) in [5.74, 6) is 1.42. The van der Waals surface area contributed by atoms with Crippen molar-refractivity contribution < 1.29 is 0 Å². The van der Waals surface area contributed by atoms with E-state index in [1.165, 1.54) is 43.5 Å². The Morgan fingerprint density at radius 2 is 1.43 bits per heavy atom. The van der Waals surface area contributed by atoms with E-state index in [2.05, 4.69) is 34.4 Å². The summed E-state index contributed by atoms with van der Waals surface area (Å²) in [4.78, 5) is 11.9. The molecule has 2 saturated carbocycles. The fourth-order valence-corrected chi connectivity index (χ4v) is 4.14. The molecule has 30 heavy (non-hydrogen) atoms. The van der Waals surface area contributed by atoms with Gasteiger partial charge in [0.2, 0.25) is 0 Å². The maximum absolute atomic E-state index is 11.9. The fourth-order valence-electron chi connectivity index (χ4n) is 4.14. The van der Waals surface area contributed by atoms with E-state index < -0.39 is 0 Å². The third-order valence-electron chi connectivity index (χ3n) is 6.08. The molecule has 2 fully saturated rings. The number of benzene rings is 2. The van der Waals surface area contributed by atoms with E-state index in [1.54, 1.807) is 10.7 Å². The molecule has 2 aromatic carbocycles. The Balaban J connectivity index is 0.000000130. The lowest BCUT2D eigenvalue weighted by molar-refractivity contribution is 0.616. The van der Waals surface area contributed by atoms with Gasteiger partial charge in [-0.25, -0.2) is 4.68 Å². The molecular formula is C25H28N4O. The smallest absolute Gasteiger partial charge is 0.271 e. The minimum atomic E-state index is 0.0654. The van der Waals surface area contributed by atoms with Crippen molar-refractivity contribution in [1.29, 1.82) is 0 Å². The van der Waals surface area contributed by atoms with Crippen molar-refractivity contribution in [1.82, 2.24) is 9.36 Å². The summed E-state index contributed by atoms with van der Waals surface area (Å²) >= 11 is 0. The zero-order chi connectivity index (χ0) is 20.5. The molecule has 2 heterocycles. The highest BCUT2D eigenvalue weighted by Gasteiger charge is 2.31. The molecule has 5 nitrogen and oxygen atoms in total. The molecule has 0 amide bonds. The van der Waals surface area contributed by atoms with Gasteiger partial charge in [0.25, 0.3) is 5.56 Å². The summed E-state index contributed by atoms with van der Waals surface area (Å²) in [6.07, 6.45) is 6.32. The lowest BCUT2D eigenvalue weighted by atomic mass is 10.2. The van der Waals surface area contributed by atoms with Crippen molar-refractivity contribution in [3.63, 3.8) is 0 Å². The van der Waals surface area contributed by atoms with Crippen LogP contribution in [0.25, 0.3) is 5.69 Å². The highest BCUT2D eigenvalue weighted by Crippen LogP contribution is 2.39. The number of anilines is 1. The van der Waals surface area contributed by atoms with Crippen LogP contribution in [0.1, 0.15) is 43.7 Å². The Bertz CT molecular complexity index is 1090. The molecule has 1 aromatic heterocycles. The topological polar surface area (TPSA) is 42.5 Å². The normalized spacial score (nSPS) is 18.0. The molecule has 2 aliphatic carbocycles. The van der Waals surface area contributed by atoms with Crippen molar-refractivity contribution in [2.24, 2.45) is 18.1 Å². The predicted octanol–water partition coefficient (Wildman–Crippen LogP) is 4.72. The Labute approximate surface area is 177 Å². The van der Waals surface area contributed by atoms with Gasteiger partial charge in [0, 0.05) is 43.4 Å². The molecule has 0 bridgehead atoms. The Morgan fingerprint density at radius 3 is 2.03 bits per heavy atom. The van der Waals surface area contributed by atoms with E-state index >= 15 is 0 Å².